The number of esters is 1. The molecule has 2 aromatic rings. The predicted octanol–water partition coefficient (Wildman–Crippen LogP) is 2.81. The fourth-order valence-corrected chi connectivity index (χ4v) is 2.39. The molecule has 150 valence electrons. The normalized spacial score (nSPS) is 9.97. The van der Waals surface area contributed by atoms with Crippen LogP contribution < -0.4 is 10.6 Å². The van der Waals surface area contributed by atoms with Crippen LogP contribution in [0.25, 0.3) is 0 Å². The molecule has 2 aromatic carbocycles. The number of nitrogens with zero attached hydrogens (tertiary/aromatic N) is 2. The third-order valence-electron chi connectivity index (χ3n) is 3.47. The summed E-state index contributed by atoms with van der Waals surface area (Å²) < 4.78 is 4.87. The Labute approximate surface area is 169 Å². The van der Waals surface area contributed by atoms with Crippen LogP contribution in [0.4, 0.5) is 17.1 Å². The third kappa shape index (κ3) is 5.77. The number of ether oxygens (including phenoxy) is 1. The van der Waals surface area contributed by atoms with Crippen molar-refractivity contribution in [3.63, 3.8) is 0 Å². The van der Waals surface area contributed by atoms with Gasteiger partial charge < -0.3 is 10.1 Å². The Hall–Kier alpha value is -3.93. The number of rotatable bonds is 6. The highest BCUT2D eigenvalue weighted by molar-refractivity contribution is 7.80. The number of thiocarbonyl (C=S) groups is 1. The first-order valence-corrected chi connectivity index (χ1v) is 8.45. The summed E-state index contributed by atoms with van der Waals surface area (Å²) in [7, 11) is 0. The third-order valence-corrected chi connectivity index (χ3v) is 3.67. The SMILES string of the molecule is CCOC(=O)c1ccc(NC(=S)NC(=O)c2cc([N+](=O)[O-])cc([N+](=O)[O-])c2)cc1. The van der Waals surface area contributed by atoms with Crippen molar-refractivity contribution in [1.82, 2.24) is 5.32 Å². The number of amides is 1. The average Bonchev–Trinajstić information content (AvgIpc) is 2.68. The Morgan fingerprint density at radius 2 is 1.55 bits per heavy atom. The lowest BCUT2D eigenvalue weighted by Crippen LogP contribution is -2.34. The van der Waals surface area contributed by atoms with Gasteiger partial charge in [0.25, 0.3) is 17.3 Å². The molecule has 12 heteroatoms. The van der Waals surface area contributed by atoms with Crippen molar-refractivity contribution in [3.8, 4) is 0 Å². The van der Waals surface area contributed by atoms with E-state index in [4.69, 9.17) is 17.0 Å². The van der Waals surface area contributed by atoms with Gasteiger partial charge in [-0.25, -0.2) is 4.79 Å². The summed E-state index contributed by atoms with van der Waals surface area (Å²) in [5.41, 5.74) is -0.715. The first kappa shape index (κ1) is 21.4. The molecule has 29 heavy (non-hydrogen) atoms. The molecule has 11 nitrogen and oxygen atoms in total. The minimum absolute atomic E-state index is 0.145. The van der Waals surface area contributed by atoms with Crippen LogP contribution in [0.15, 0.2) is 42.5 Å². The van der Waals surface area contributed by atoms with Crippen molar-refractivity contribution in [3.05, 3.63) is 73.8 Å². The van der Waals surface area contributed by atoms with E-state index in [0.29, 0.717) is 11.3 Å². The van der Waals surface area contributed by atoms with Crippen molar-refractivity contribution in [1.29, 1.82) is 0 Å². The zero-order valence-corrected chi connectivity index (χ0v) is 15.7. The first-order valence-electron chi connectivity index (χ1n) is 8.04. The Morgan fingerprint density at radius 1 is 1.00 bits per heavy atom. The Balaban J connectivity index is 2.09. The molecular weight excluding hydrogens is 404 g/mol. The summed E-state index contributed by atoms with van der Waals surface area (Å²) in [6.45, 7) is 1.93. The lowest BCUT2D eigenvalue weighted by atomic mass is 10.1. The highest BCUT2D eigenvalue weighted by atomic mass is 32.1. The number of hydrogen-bond donors (Lipinski definition) is 2. The van der Waals surface area contributed by atoms with Crippen molar-refractivity contribution < 1.29 is 24.2 Å². The average molecular weight is 418 g/mol. The van der Waals surface area contributed by atoms with Crippen LogP contribution >= 0.6 is 12.2 Å². The second-order valence-electron chi connectivity index (χ2n) is 5.46. The highest BCUT2D eigenvalue weighted by Crippen LogP contribution is 2.22. The molecule has 0 aromatic heterocycles. The summed E-state index contributed by atoms with van der Waals surface area (Å²) in [6, 6.07) is 8.60. The molecule has 0 saturated heterocycles. The minimum Gasteiger partial charge on any atom is -0.462 e. The van der Waals surface area contributed by atoms with E-state index in [1.54, 1.807) is 6.92 Å². The van der Waals surface area contributed by atoms with Crippen LogP contribution in [-0.4, -0.2) is 33.4 Å². The van der Waals surface area contributed by atoms with Crippen molar-refractivity contribution >= 4 is 46.3 Å². The summed E-state index contributed by atoms with van der Waals surface area (Å²) >= 11 is 5.00. The van der Waals surface area contributed by atoms with Gasteiger partial charge in [-0.15, -0.1) is 0 Å². The van der Waals surface area contributed by atoms with Crippen molar-refractivity contribution in [2.75, 3.05) is 11.9 Å². The number of anilines is 1. The number of benzene rings is 2. The number of nitro benzene ring substituents is 2. The van der Waals surface area contributed by atoms with E-state index in [1.165, 1.54) is 24.3 Å². The molecule has 0 spiro atoms. The molecule has 0 atom stereocenters. The molecule has 1 amide bonds. The van der Waals surface area contributed by atoms with Gasteiger partial charge in [0.05, 0.1) is 33.6 Å². The van der Waals surface area contributed by atoms with E-state index in [2.05, 4.69) is 10.6 Å². The summed E-state index contributed by atoms with van der Waals surface area (Å²) in [6.07, 6.45) is 0. The smallest absolute Gasteiger partial charge is 0.338 e. The molecule has 0 aliphatic carbocycles. The zero-order chi connectivity index (χ0) is 21.6. The molecule has 2 rings (SSSR count). The molecule has 0 heterocycles. The van der Waals surface area contributed by atoms with Gasteiger partial charge in [-0.2, -0.15) is 0 Å². The van der Waals surface area contributed by atoms with Gasteiger partial charge in [-0.1, -0.05) is 0 Å². The van der Waals surface area contributed by atoms with E-state index < -0.39 is 33.1 Å². The number of hydrogen-bond acceptors (Lipinski definition) is 8. The summed E-state index contributed by atoms with van der Waals surface area (Å²) in [5.74, 6) is -1.35. The molecule has 0 unspecified atom stereocenters. The quantitative estimate of drug-likeness (QED) is 0.312. The van der Waals surface area contributed by atoms with Crippen LogP contribution in [0.5, 0.6) is 0 Å². The van der Waals surface area contributed by atoms with E-state index in [9.17, 15) is 29.8 Å². The van der Waals surface area contributed by atoms with Gasteiger partial charge in [-0.3, -0.25) is 30.3 Å². The van der Waals surface area contributed by atoms with E-state index >= 15 is 0 Å². The monoisotopic (exact) mass is 418 g/mol. The lowest BCUT2D eigenvalue weighted by Gasteiger charge is -2.10. The fourth-order valence-electron chi connectivity index (χ4n) is 2.18. The standard InChI is InChI=1S/C17H14N4O7S/c1-2-28-16(23)10-3-5-12(6-4-10)18-17(29)19-15(22)11-7-13(20(24)25)9-14(8-11)21(26)27/h3-9H,2H2,1H3,(H2,18,19,22,29). The Morgan fingerprint density at radius 3 is 2.03 bits per heavy atom. The Kier molecular flexibility index (Phi) is 6.87. The van der Waals surface area contributed by atoms with Crippen LogP contribution in [0.2, 0.25) is 0 Å². The largest absolute Gasteiger partial charge is 0.462 e. The maximum atomic E-state index is 12.3. The van der Waals surface area contributed by atoms with Crippen LogP contribution in [0.1, 0.15) is 27.6 Å². The second kappa shape index (κ2) is 9.32. The number of carbonyl (C=O) groups is 2. The lowest BCUT2D eigenvalue weighted by molar-refractivity contribution is -0.394. The van der Waals surface area contributed by atoms with Gasteiger partial charge >= 0.3 is 5.97 Å². The molecular formula is C17H14N4O7S. The van der Waals surface area contributed by atoms with Gasteiger partial charge in [0, 0.05) is 17.8 Å². The topological polar surface area (TPSA) is 154 Å². The highest BCUT2D eigenvalue weighted by Gasteiger charge is 2.20. The van der Waals surface area contributed by atoms with Gasteiger partial charge in [0.1, 0.15) is 0 Å². The van der Waals surface area contributed by atoms with Gasteiger partial charge in [0.2, 0.25) is 0 Å². The van der Waals surface area contributed by atoms with Crippen molar-refractivity contribution in [2.45, 2.75) is 6.92 Å². The van der Waals surface area contributed by atoms with Crippen molar-refractivity contribution in [2.24, 2.45) is 0 Å². The first-order chi connectivity index (χ1) is 13.7. The van der Waals surface area contributed by atoms with E-state index in [0.717, 1.165) is 18.2 Å². The van der Waals surface area contributed by atoms with E-state index in [-0.39, 0.29) is 17.3 Å². The van der Waals surface area contributed by atoms with Crippen LogP contribution in [0, 0.1) is 20.2 Å². The Bertz CT molecular complexity index is 960. The fraction of sp³-hybridized carbons (Fsp3) is 0.118. The second-order valence-corrected chi connectivity index (χ2v) is 5.87. The molecule has 0 fully saturated rings. The zero-order valence-electron chi connectivity index (χ0n) is 14.9. The number of non-ortho nitro benzene ring substituents is 2. The molecule has 0 aliphatic rings. The summed E-state index contributed by atoms with van der Waals surface area (Å²) in [4.78, 5) is 44.0. The predicted molar refractivity (Wildman–Crippen MR) is 106 cm³/mol. The maximum Gasteiger partial charge on any atom is 0.338 e. The molecule has 0 radical (unpaired) electrons. The van der Waals surface area contributed by atoms with Crippen LogP contribution in [0.3, 0.4) is 0 Å². The molecule has 0 aliphatic heterocycles. The molecule has 0 saturated carbocycles. The number of nitro groups is 2. The molecule has 0 bridgehead atoms. The van der Waals surface area contributed by atoms with Gasteiger partial charge in [0.15, 0.2) is 5.11 Å². The van der Waals surface area contributed by atoms with Crippen LogP contribution in [-0.2, 0) is 4.74 Å². The minimum atomic E-state index is -0.863. The molecule has 2 N–H and O–H groups in total. The van der Waals surface area contributed by atoms with E-state index in [1.807, 2.05) is 0 Å². The number of carbonyl (C=O) groups excluding carboxylic acids is 2. The number of nitrogens with one attached hydrogen (secondary N) is 2. The maximum absolute atomic E-state index is 12.3. The summed E-state index contributed by atoms with van der Waals surface area (Å²) in [5, 5.41) is 26.7. The van der Waals surface area contributed by atoms with Gasteiger partial charge in [-0.05, 0) is 43.4 Å².